The van der Waals surface area contributed by atoms with E-state index in [2.05, 4.69) is 17.8 Å². The number of hydrogen-bond acceptors (Lipinski definition) is 0. The molecule has 0 unspecified atom stereocenters. The van der Waals surface area contributed by atoms with Gasteiger partial charge >= 0.3 is 0 Å². The minimum Gasteiger partial charge on any atom is -0.100 e. The summed E-state index contributed by atoms with van der Waals surface area (Å²) in [6.45, 7) is 7.47. The van der Waals surface area contributed by atoms with E-state index in [-0.39, 0.29) is 0 Å². The summed E-state index contributed by atoms with van der Waals surface area (Å²) in [5, 5.41) is 0. The van der Waals surface area contributed by atoms with Gasteiger partial charge in [-0.15, -0.1) is 4.67 Å². The van der Waals surface area contributed by atoms with Crippen LogP contribution in [-0.4, -0.2) is 12.4 Å². The molecule has 0 aromatic rings. The molecule has 0 saturated heterocycles. The Morgan fingerprint density at radius 2 is 1.75 bits per heavy atom. The first-order valence-corrected chi connectivity index (χ1v) is 2.51. The molecule has 0 atom stereocenters. The van der Waals surface area contributed by atoms with E-state index < -0.39 is 0 Å². The van der Waals surface area contributed by atoms with Crippen molar-refractivity contribution in [1.29, 1.82) is 0 Å². The van der Waals surface area contributed by atoms with Gasteiger partial charge < -0.3 is 0 Å². The van der Waals surface area contributed by atoms with Crippen LogP contribution in [0.4, 0.5) is 0 Å². The van der Waals surface area contributed by atoms with Crippen molar-refractivity contribution >= 4 is 12.4 Å². The Bertz CT molecular complexity index is 174. The van der Waals surface area contributed by atoms with Crippen molar-refractivity contribution in [2.75, 3.05) is 0 Å². The van der Waals surface area contributed by atoms with Crippen molar-refractivity contribution in [2.45, 2.75) is 6.42 Å². The largest absolute Gasteiger partial charge is 0.295 e. The van der Waals surface area contributed by atoms with Gasteiger partial charge in [0.05, 0.1) is 0 Å². The van der Waals surface area contributed by atoms with Crippen LogP contribution in [0.2, 0.25) is 0 Å². The number of rotatable bonds is 0. The molecule has 1 heterocycles. The Labute approximate surface area is 48.8 Å². The smallest absolute Gasteiger partial charge is 0.100 e. The highest BCUT2D eigenvalue weighted by atomic mass is 14.5. The fourth-order valence-corrected chi connectivity index (χ4v) is 0.631. The minimum atomic E-state index is 0.878. The lowest BCUT2D eigenvalue weighted by Crippen LogP contribution is -1.98. The van der Waals surface area contributed by atoms with Gasteiger partial charge in [-0.05, 0) is 0 Å². The summed E-state index contributed by atoms with van der Waals surface area (Å²) < 4.78 is 3.89. The van der Waals surface area contributed by atoms with Crippen LogP contribution in [0.15, 0.2) is 24.3 Å². The number of nitrogens with zero attached hydrogens (tertiary/aromatic N) is 1. The molecule has 40 valence electrons. The molecule has 0 radical (unpaired) electrons. The molecule has 1 nitrogen and oxygen atoms in total. The molecule has 1 aliphatic heterocycles. The highest BCUT2D eigenvalue weighted by molar-refractivity contribution is 5.90. The van der Waals surface area contributed by atoms with Crippen molar-refractivity contribution in [3.8, 4) is 0 Å². The maximum atomic E-state index is 3.89. The van der Waals surface area contributed by atoms with Crippen LogP contribution in [-0.2, 0) is 0 Å². The minimum absolute atomic E-state index is 0.878. The Morgan fingerprint density at radius 3 is 2.00 bits per heavy atom. The van der Waals surface area contributed by atoms with Gasteiger partial charge in [0.15, 0.2) is 0 Å². The van der Waals surface area contributed by atoms with E-state index in [1.54, 1.807) is 12.4 Å². The van der Waals surface area contributed by atoms with Crippen LogP contribution < -0.4 is 4.67 Å². The zero-order valence-corrected chi connectivity index (χ0v) is 4.72. The highest BCUT2D eigenvalue weighted by Gasteiger charge is 2.04. The summed E-state index contributed by atoms with van der Waals surface area (Å²) >= 11 is 0. The molecule has 0 aromatic carbocycles. The van der Waals surface area contributed by atoms with E-state index in [9.17, 15) is 0 Å². The first kappa shape index (κ1) is 5.07. The molecule has 0 bridgehead atoms. The van der Waals surface area contributed by atoms with Gasteiger partial charge in [0.2, 0.25) is 0 Å². The van der Waals surface area contributed by atoms with Crippen molar-refractivity contribution in [2.24, 2.45) is 0 Å². The molecule has 0 amide bonds. The topological polar surface area (TPSA) is 14.1 Å². The first-order chi connectivity index (χ1) is 3.79. The van der Waals surface area contributed by atoms with Gasteiger partial charge in [0.25, 0.3) is 12.4 Å². The molecular formula is C7H8N+. The molecule has 1 rings (SSSR count). The van der Waals surface area contributed by atoms with Crippen LogP contribution in [0.3, 0.4) is 0 Å². The molecule has 0 N–H and O–H groups in total. The van der Waals surface area contributed by atoms with Crippen molar-refractivity contribution in [1.82, 2.24) is 4.67 Å². The quantitative estimate of drug-likeness (QED) is 0.404. The molecular weight excluding hydrogens is 98.1 g/mol. The third kappa shape index (κ3) is 0.955. The van der Waals surface area contributed by atoms with Crippen LogP contribution in [0.5, 0.6) is 0 Å². The Kier molecular flexibility index (Phi) is 1.15. The van der Waals surface area contributed by atoms with Gasteiger partial charge in [0, 0.05) is 17.6 Å². The molecule has 0 aromatic heterocycles. The number of allylic oxidation sites excluding steroid dienone is 2. The molecule has 1 aliphatic rings. The molecule has 8 heavy (non-hydrogen) atoms. The Hall–Kier alpha value is -1.07. The highest BCUT2D eigenvalue weighted by Crippen LogP contribution is 2.02. The average molecular weight is 106 g/mol. The Balaban J connectivity index is 2.92. The molecule has 0 spiro atoms. The van der Waals surface area contributed by atoms with Crippen molar-refractivity contribution < 1.29 is 0 Å². The van der Waals surface area contributed by atoms with Gasteiger partial charge in [-0.2, -0.15) is 0 Å². The third-order valence-corrected chi connectivity index (χ3v) is 0.968. The zero-order chi connectivity index (χ0) is 5.98. The van der Waals surface area contributed by atoms with E-state index in [4.69, 9.17) is 0 Å². The molecule has 0 aliphatic carbocycles. The SMILES string of the molecule is C=C1C=[N+]=CC(=C)C1. The molecule has 0 fully saturated rings. The van der Waals surface area contributed by atoms with E-state index in [0.717, 1.165) is 17.6 Å². The van der Waals surface area contributed by atoms with E-state index in [1.165, 1.54) is 0 Å². The van der Waals surface area contributed by atoms with E-state index >= 15 is 0 Å². The second-order valence-electron chi connectivity index (χ2n) is 1.90. The number of hydrogen-bond donors (Lipinski definition) is 0. The summed E-state index contributed by atoms with van der Waals surface area (Å²) in [6, 6.07) is 0. The molecule has 0 saturated carbocycles. The normalized spacial score (nSPS) is 17.5. The third-order valence-electron chi connectivity index (χ3n) is 0.968. The standard InChI is InChI=1S/C7H8N/c1-6-3-7(2)5-8-4-6/h4-5H,1-3H2/q+1. The lowest BCUT2D eigenvalue weighted by molar-refractivity contribution is 1.27. The van der Waals surface area contributed by atoms with Gasteiger partial charge in [-0.3, -0.25) is 0 Å². The van der Waals surface area contributed by atoms with E-state index in [1.807, 2.05) is 0 Å². The Morgan fingerprint density at radius 1 is 1.25 bits per heavy atom. The van der Waals surface area contributed by atoms with Crippen molar-refractivity contribution in [3.63, 3.8) is 0 Å². The second kappa shape index (κ2) is 1.81. The maximum absolute atomic E-state index is 3.89. The van der Waals surface area contributed by atoms with E-state index in [0.29, 0.717) is 0 Å². The summed E-state index contributed by atoms with van der Waals surface area (Å²) in [7, 11) is 0. The van der Waals surface area contributed by atoms with Crippen LogP contribution in [0.1, 0.15) is 6.42 Å². The monoisotopic (exact) mass is 106 g/mol. The molecule has 1 heteroatoms. The predicted molar refractivity (Wildman–Crippen MR) is 37.2 cm³/mol. The van der Waals surface area contributed by atoms with Gasteiger partial charge in [-0.25, -0.2) is 0 Å². The summed E-state index contributed by atoms with van der Waals surface area (Å²) in [4.78, 5) is 0. The van der Waals surface area contributed by atoms with Gasteiger partial charge in [0.1, 0.15) is 0 Å². The van der Waals surface area contributed by atoms with Crippen LogP contribution >= 0.6 is 0 Å². The summed E-state index contributed by atoms with van der Waals surface area (Å²) in [5.74, 6) is 0. The lowest BCUT2D eigenvalue weighted by Gasteiger charge is -1.90. The fraction of sp³-hybridized carbons (Fsp3) is 0.143. The fourth-order valence-electron chi connectivity index (χ4n) is 0.631. The second-order valence-corrected chi connectivity index (χ2v) is 1.90. The first-order valence-electron chi connectivity index (χ1n) is 2.51. The summed E-state index contributed by atoms with van der Waals surface area (Å²) in [6.07, 6.45) is 4.40. The predicted octanol–water partition coefficient (Wildman–Crippen LogP) is 0.711. The average Bonchev–Trinajstić information content (AvgIpc) is 1.64. The van der Waals surface area contributed by atoms with Crippen LogP contribution in [0.25, 0.3) is 0 Å². The van der Waals surface area contributed by atoms with Crippen molar-refractivity contribution in [3.05, 3.63) is 24.3 Å². The van der Waals surface area contributed by atoms with Crippen LogP contribution in [0, 0.1) is 0 Å². The summed E-state index contributed by atoms with van der Waals surface area (Å²) in [5.41, 5.74) is 2.08. The zero-order valence-electron chi connectivity index (χ0n) is 4.72. The maximum Gasteiger partial charge on any atom is 0.295 e. The lowest BCUT2D eigenvalue weighted by atomic mass is 10.1. The van der Waals surface area contributed by atoms with Gasteiger partial charge in [-0.1, -0.05) is 13.2 Å².